The Morgan fingerprint density at radius 2 is 1.89 bits per heavy atom. The van der Waals surface area contributed by atoms with Crippen LogP contribution in [0, 0.1) is 0 Å². The van der Waals surface area contributed by atoms with Gasteiger partial charge < -0.3 is 9.88 Å². The van der Waals surface area contributed by atoms with E-state index in [-0.39, 0.29) is 11.5 Å². The van der Waals surface area contributed by atoms with Crippen LogP contribution in [0.4, 0.5) is 0 Å². The van der Waals surface area contributed by atoms with Crippen LogP contribution in [0.25, 0.3) is 21.8 Å². The summed E-state index contributed by atoms with van der Waals surface area (Å²) < 4.78 is 3.42. The number of nitrogens with zero attached hydrogens (tertiary/aromatic N) is 3. The molecule has 0 atom stereocenters. The summed E-state index contributed by atoms with van der Waals surface area (Å²) >= 11 is 0. The molecule has 0 bridgehead atoms. The molecule has 2 aromatic heterocycles. The quantitative estimate of drug-likeness (QED) is 0.689. The first kappa shape index (κ1) is 18.7. The third kappa shape index (κ3) is 3.68. The van der Waals surface area contributed by atoms with E-state index in [0.717, 1.165) is 29.1 Å². The van der Waals surface area contributed by atoms with Crippen LogP contribution in [-0.4, -0.2) is 26.3 Å². The minimum atomic E-state index is -0.100. The van der Waals surface area contributed by atoms with Crippen molar-refractivity contribution in [1.82, 2.24) is 19.7 Å². The Labute approximate surface area is 164 Å². The van der Waals surface area contributed by atoms with Gasteiger partial charge in [-0.3, -0.25) is 9.59 Å². The van der Waals surface area contributed by atoms with E-state index < -0.39 is 0 Å². The van der Waals surface area contributed by atoms with E-state index in [1.54, 1.807) is 13.2 Å². The molecule has 0 aliphatic heterocycles. The van der Waals surface area contributed by atoms with Gasteiger partial charge in [0.15, 0.2) is 0 Å². The molecule has 1 aliphatic carbocycles. The molecule has 1 amide bonds. The first-order valence-corrected chi connectivity index (χ1v) is 10.4. The molecule has 4 rings (SSSR count). The normalized spacial score (nSPS) is 15.8. The molecule has 1 fully saturated rings. The van der Waals surface area contributed by atoms with Gasteiger partial charge in [0, 0.05) is 42.3 Å². The molecule has 2 heterocycles. The summed E-state index contributed by atoms with van der Waals surface area (Å²) in [5.74, 6) is 0.127. The number of para-hydroxylation sites is 1. The predicted octanol–water partition coefficient (Wildman–Crippen LogP) is 3.51. The predicted molar refractivity (Wildman–Crippen MR) is 111 cm³/mol. The Kier molecular flexibility index (Phi) is 5.46. The molecular weight excluding hydrogens is 352 g/mol. The number of rotatable bonds is 5. The van der Waals surface area contributed by atoms with Gasteiger partial charge in [-0.25, -0.2) is 4.68 Å². The van der Waals surface area contributed by atoms with E-state index in [1.807, 2.05) is 28.8 Å². The Balaban J connectivity index is 1.50. The topological polar surface area (TPSA) is 68.9 Å². The molecule has 1 N–H and O–H groups in total. The average Bonchev–Trinajstić information content (AvgIpc) is 2.82. The van der Waals surface area contributed by atoms with Crippen molar-refractivity contribution in [3.8, 4) is 0 Å². The largest absolute Gasteiger partial charge is 0.353 e. The highest BCUT2D eigenvalue weighted by atomic mass is 16.1. The molecule has 0 unspecified atom stereocenters. The number of hydrogen-bond donors (Lipinski definition) is 1. The summed E-state index contributed by atoms with van der Waals surface area (Å²) in [4.78, 5) is 25.1. The first-order valence-electron chi connectivity index (χ1n) is 10.4. The van der Waals surface area contributed by atoms with Gasteiger partial charge in [0.2, 0.25) is 5.91 Å². The standard InChI is InChI=1S/C22H28N4O2/c1-25-22(28)21-18(15-23-25)17-11-6-7-12-19(17)26(21)14-8-13-20(27)24-16-9-4-2-3-5-10-16/h6-7,11-12,15-16H,2-5,8-10,13-14H2,1H3,(H,24,27). The van der Waals surface area contributed by atoms with Gasteiger partial charge in [-0.15, -0.1) is 0 Å². The van der Waals surface area contributed by atoms with E-state index in [2.05, 4.69) is 10.4 Å². The third-order valence-corrected chi connectivity index (χ3v) is 5.87. The smallest absolute Gasteiger partial charge is 0.291 e. The highest BCUT2D eigenvalue weighted by Crippen LogP contribution is 2.26. The molecule has 3 aromatic rings. The number of aromatic nitrogens is 3. The lowest BCUT2D eigenvalue weighted by Crippen LogP contribution is -2.34. The Morgan fingerprint density at radius 1 is 1.14 bits per heavy atom. The number of hydrogen-bond acceptors (Lipinski definition) is 3. The van der Waals surface area contributed by atoms with Gasteiger partial charge in [-0.2, -0.15) is 5.10 Å². The fourth-order valence-electron chi connectivity index (χ4n) is 4.40. The Bertz CT molecular complexity index is 1040. The second-order valence-electron chi connectivity index (χ2n) is 7.86. The molecule has 1 aromatic carbocycles. The monoisotopic (exact) mass is 380 g/mol. The lowest BCUT2D eigenvalue weighted by molar-refractivity contribution is -0.122. The summed E-state index contributed by atoms with van der Waals surface area (Å²) in [5.41, 5.74) is 1.59. The first-order chi connectivity index (χ1) is 13.6. The number of fused-ring (bicyclic) bond motifs is 3. The van der Waals surface area contributed by atoms with Gasteiger partial charge in [-0.05, 0) is 25.3 Å². The van der Waals surface area contributed by atoms with Crippen molar-refractivity contribution in [3.05, 3.63) is 40.8 Å². The van der Waals surface area contributed by atoms with Crippen LogP contribution in [0.2, 0.25) is 0 Å². The van der Waals surface area contributed by atoms with Crippen molar-refractivity contribution >= 4 is 27.7 Å². The third-order valence-electron chi connectivity index (χ3n) is 5.87. The lowest BCUT2D eigenvalue weighted by Gasteiger charge is -2.16. The molecule has 148 valence electrons. The highest BCUT2D eigenvalue weighted by molar-refractivity contribution is 6.07. The van der Waals surface area contributed by atoms with Crippen molar-refractivity contribution in [2.45, 2.75) is 64.0 Å². The van der Waals surface area contributed by atoms with E-state index in [1.165, 1.54) is 30.4 Å². The Morgan fingerprint density at radius 3 is 2.68 bits per heavy atom. The van der Waals surface area contributed by atoms with Crippen molar-refractivity contribution in [1.29, 1.82) is 0 Å². The van der Waals surface area contributed by atoms with Crippen LogP contribution >= 0.6 is 0 Å². The molecule has 0 saturated heterocycles. The van der Waals surface area contributed by atoms with Crippen LogP contribution < -0.4 is 10.9 Å². The molecule has 0 spiro atoms. The van der Waals surface area contributed by atoms with Crippen LogP contribution in [0.15, 0.2) is 35.3 Å². The molecule has 6 heteroatoms. The van der Waals surface area contributed by atoms with Crippen LogP contribution in [0.1, 0.15) is 51.4 Å². The van der Waals surface area contributed by atoms with Crippen molar-refractivity contribution < 1.29 is 4.79 Å². The van der Waals surface area contributed by atoms with Gasteiger partial charge in [0.25, 0.3) is 5.56 Å². The molecule has 0 radical (unpaired) electrons. The molecule has 1 aliphatic rings. The maximum absolute atomic E-state index is 12.7. The van der Waals surface area contributed by atoms with Gasteiger partial charge in [0.1, 0.15) is 5.52 Å². The lowest BCUT2D eigenvalue weighted by atomic mass is 10.1. The average molecular weight is 380 g/mol. The second kappa shape index (κ2) is 8.17. The number of carbonyl (C=O) groups is 1. The van der Waals surface area contributed by atoms with Crippen molar-refractivity contribution in [2.24, 2.45) is 7.05 Å². The maximum atomic E-state index is 12.7. The highest BCUT2D eigenvalue weighted by Gasteiger charge is 2.17. The fourth-order valence-corrected chi connectivity index (χ4v) is 4.40. The second-order valence-corrected chi connectivity index (χ2v) is 7.86. The van der Waals surface area contributed by atoms with Crippen LogP contribution in [-0.2, 0) is 18.4 Å². The van der Waals surface area contributed by atoms with Gasteiger partial charge in [0.05, 0.1) is 6.20 Å². The SMILES string of the molecule is Cn1ncc2c3ccccc3n(CCCC(=O)NC3CCCCCC3)c2c1=O. The number of amides is 1. The zero-order valence-corrected chi connectivity index (χ0v) is 16.5. The minimum Gasteiger partial charge on any atom is -0.353 e. The zero-order valence-electron chi connectivity index (χ0n) is 16.5. The molecular formula is C22H28N4O2. The van der Waals surface area contributed by atoms with Gasteiger partial charge >= 0.3 is 0 Å². The van der Waals surface area contributed by atoms with E-state index >= 15 is 0 Å². The molecule has 28 heavy (non-hydrogen) atoms. The van der Waals surface area contributed by atoms with Gasteiger partial charge in [-0.1, -0.05) is 43.9 Å². The van der Waals surface area contributed by atoms with Crippen LogP contribution in [0.3, 0.4) is 0 Å². The van der Waals surface area contributed by atoms with E-state index in [9.17, 15) is 9.59 Å². The summed E-state index contributed by atoms with van der Waals surface area (Å²) in [6.07, 6.45) is 10.1. The number of benzene rings is 1. The molecule has 1 saturated carbocycles. The Hall–Kier alpha value is -2.63. The molecule has 6 nitrogen and oxygen atoms in total. The summed E-state index contributed by atoms with van der Waals surface area (Å²) in [7, 11) is 1.67. The fraction of sp³-hybridized carbons (Fsp3) is 0.500. The number of nitrogens with one attached hydrogen (secondary N) is 1. The van der Waals surface area contributed by atoms with Crippen molar-refractivity contribution in [3.63, 3.8) is 0 Å². The van der Waals surface area contributed by atoms with Crippen molar-refractivity contribution in [2.75, 3.05) is 0 Å². The summed E-state index contributed by atoms with van der Waals surface area (Å²) in [6.45, 7) is 0.640. The maximum Gasteiger partial charge on any atom is 0.291 e. The van der Waals surface area contributed by atoms with E-state index in [0.29, 0.717) is 30.9 Å². The van der Waals surface area contributed by atoms with E-state index in [4.69, 9.17) is 0 Å². The number of carbonyl (C=O) groups excluding carboxylic acids is 1. The summed E-state index contributed by atoms with van der Waals surface area (Å²) in [6, 6.07) is 8.34. The van der Waals surface area contributed by atoms with Crippen LogP contribution in [0.5, 0.6) is 0 Å². The summed E-state index contributed by atoms with van der Waals surface area (Å²) in [5, 5.41) is 9.30. The minimum absolute atomic E-state index is 0.100. The number of aryl methyl sites for hydroxylation is 2. The zero-order chi connectivity index (χ0) is 19.5.